The fraction of sp³-hybridized carbons (Fsp3) is 0.273. The van der Waals surface area contributed by atoms with Gasteiger partial charge in [-0.05, 0) is 23.3 Å². The van der Waals surface area contributed by atoms with Crippen LogP contribution in [0.1, 0.15) is 22.5 Å². The number of hydrogen-bond donors (Lipinski definition) is 1. The van der Waals surface area contributed by atoms with Crippen molar-refractivity contribution in [2.75, 3.05) is 0 Å². The van der Waals surface area contributed by atoms with Crippen LogP contribution in [0.3, 0.4) is 0 Å². The first-order valence-corrected chi connectivity index (χ1v) is 5.65. The molecule has 0 saturated carbocycles. The van der Waals surface area contributed by atoms with Gasteiger partial charge in [-0.25, -0.2) is 4.79 Å². The fourth-order valence-corrected chi connectivity index (χ4v) is 3.21. The van der Waals surface area contributed by atoms with Crippen molar-refractivity contribution < 1.29 is 9.90 Å². The lowest BCUT2D eigenvalue weighted by Crippen LogP contribution is -2.28. The molecule has 1 unspecified atom stereocenters. The molecule has 0 aromatic carbocycles. The van der Waals surface area contributed by atoms with E-state index in [-0.39, 0.29) is 6.04 Å². The summed E-state index contributed by atoms with van der Waals surface area (Å²) in [4.78, 5) is 15.7. The third kappa shape index (κ3) is 1.25. The molecule has 0 amide bonds. The maximum absolute atomic E-state index is 10.9. The summed E-state index contributed by atoms with van der Waals surface area (Å²) >= 11 is 1.37. The summed E-state index contributed by atoms with van der Waals surface area (Å²) in [6.07, 6.45) is 5.82. The molecule has 15 heavy (non-hydrogen) atoms. The Morgan fingerprint density at radius 1 is 1.60 bits per heavy atom. The summed E-state index contributed by atoms with van der Waals surface area (Å²) in [5, 5.41) is 10.0. The van der Waals surface area contributed by atoms with Gasteiger partial charge in [-0.2, -0.15) is 0 Å². The van der Waals surface area contributed by atoms with Crippen LogP contribution >= 0.6 is 11.3 Å². The van der Waals surface area contributed by atoms with Crippen molar-refractivity contribution in [1.29, 1.82) is 0 Å². The third-order valence-electron chi connectivity index (χ3n) is 2.82. The van der Waals surface area contributed by atoms with E-state index in [2.05, 4.69) is 11.1 Å². The van der Waals surface area contributed by atoms with E-state index in [4.69, 9.17) is 5.11 Å². The van der Waals surface area contributed by atoms with Gasteiger partial charge in [0, 0.05) is 17.2 Å². The van der Waals surface area contributed by atoms with Gasteiger partial charge in [-0.15, -0.1) is 11.3 Å². The minimum Gasteiger partial charge on any atom is -0.477 e. The number of carboxylic acids is 1. The van der Waals surface area contributed by atoms with Gasteiger partial charge in [-0.3, -0.25) is 4.99 Å². The molecule has 2 heterocycles. The number of hydrogen-bond acceptors (Lipinski definition) is 3. The van der Waals surface area contributed by atoms with E-state index in [1.54, 1.807) is 6.07 Å². The lowest BCUT2D eigenvalue weighted by Gasteiger charge is -2.09. The zero-order valence-electron chi connectivity index (χ0n) is 7.93. The Morgan fingerprint density at radius 3 is 3.27 bits per heavy atom. The first-order chi connectivity index (χ1) is 7.25. The molecule has 1 aliphatic heterocycles. The SMILES string of the molecule is O=C(O)c1cc2c(s1)=C1CC=NC1CC=2. The molecule has 3 rings (SSSR count). The molecule has 1 aromatic heterocycles. The van der Waals surface area contributed by atoms with Crippen molar-refractivity contribution in [2.45, 2.75) is 18.9 Å². The second-order valence-electron chi connectivity index (χ2n) is 3.72. The average Bonchev–Trinajstić information content (AvgIpc) is 2.82. The van der Waals surface area contributed by atoms with Crippen LogP contribution in [0.25, 0.3) is 11.6 Å². The summed E-state index contributed by atoms with van der Waals surface area (Å²) in [7, 11) is 0. The van der Waals surface area contributed by atoms with E-state index in [0.717, 1.165) is 22.6 Å². The van der Waals surface area contributed by atoms with Gasteiger partial charge in [0.15, 0.2) is 0 Å². The van der Waals surface area contributed by atoms with Gasteiger partial charge >= 0.3 is 5.97 Å². The molecule has 1 atom stereocenters. The van der Waals surface area contributed by atoms with Crippen LogP contribution in [0.5, 0.6) is 0 Å². The first-order valence-electron chi connectivity index (χ1n) is 4.84. The predicted octanol–water partition coefficient (Wildman–Crippen LogP) is 0.624. The van der Waals surface area contributed by atoms with Gasteiger partial charge in [0.1, 0.15) is 4.88 Å². The normalized spacial score (nSPS) is 22.1. The zero-order valence-corrected chi connectivity index (χ0v) is 8.75. The summed E-state index contributed by atoms with van der Waals surface area (Å²) in [5.41, 5.74) is 1.30. The molecule has 3 nitrogen and oxygen atoms in total. The Balaban J connectivity index is 2.30. The molecule has 76 valence electrons. The van der Waals surface area contributed by atoms with Crippen LogP contribution in [0.4, 0.5) is 0 Å². The molecular weight excluding hydrogens is 210 g/mol. The molecule has 0 fully saturated rings. The van der Waals surface area contributed by atoms with Crippen LogP contribution in [-0.4, -0.2) is 23.3 Å². The molecule has 1 aliphatic carbocycles. The van der Waals surface area contributed by atoms with Crippen molar-refractivity contribution in [1.82, 2.24) is 0 Å². The van der Waals surface area contributed by atoms with Crippen molar-refractivity contribution in [3.8, 4) is 0 Å². The third-order valence-corrected chi connectivity index (χ3v) is 4.04. The van der Waals surface area contributed by atoms with E-state index in [0.29, 0.717) is 4.88 Å². The highest BCUT2D eigenvalue weighted by Crippen LogP contribution is 2.22. The molecule has 0 spiro atoms. The Labute approximate surface area is 90.1 Å². The number of fused-ring (bicyclic) bond motifs is 2. The summed E-state index contributed by atoms with van der Waals surface area (Å²) < 4.78 is 1.13. The summed E-state index contributed by atoms with van der Waals surface area (Å²) in [6, 6.07) is 2.04. The Kier molecular flexibility index (Phi) is 1.79. The summed E-state index contributed by atoms with van der Waals surface area (Å²) in [6.45, 7) is 0. The van der Waals surface area contributed by atoms with Gasteiger partial charge in [-0.1, -0.05) is 6.08 Å². The van der Waals surface area contributed by atoms with E-state index < -0.39 is 5.97 Å². The predicted molar refractivity (Wildman–Crippen MR) is 59.9 cm³/mol. The Hall–Kier alpha value is -1.42. The second kappa shape index (κ2) is 3.03. The van der Waals surface area contributed by atoms with Gasteiger partial charge < -0.3 is 5.11 Å². The number of carbonyl (C=O) groups is 1. The van der Waals surface area contributed by atoms with Crippen LogP contribution in [-0.2, 0) is 0 Å². The van der Waals surface area contributed by atoms with E-state index in [1.807, 2.05) is 6.21 Å². The van der Waals surface area contributed by atoms with Crippen molar-refractivity contribution in [3.63, 3.8) is 0 Å². The maximum Gasteiger partial charge on any atom is 0.345 e. The number of carboxylic acid groups (broad SMARTS) is 1. The van der Waals surface area contributed by atoms with E-state index in [9.17, 15) is 4.79 Å². The quantitative estimate of drug-likeness (QED) is 0.753. The number of nitrogens with zero attached hydrogens (tertiary/aromatic N) is 1. The van der Waals surface area contributed by atoms with Crippen LogP contribution < -0.4 is 9.75 Å². The second-order valence-corrected chi connectivity index (χ2v) is 4.77. The van der Waals surface area contributed by atoms with Gasteiger partial charge in [0.05, 0.1) is 6.04 Å². The van der Waals surface area contributed by atoms with Crippen molar-refractivity contribution in [3.05, 3.63) is 20.7 Å². The molecule has 0 radical (unpaired) electrons. The number of aromatic carboxylic acids is 1. The molecule has 4 heteroatoms. The van der Waals surface area contributed by atoms with E-state index >= 15 is 0 Å². The Bertz CT molecular complexity index is 582. The molecule has 0 saturated heterocycles. The first kappa shape index (κ1) is 8.85. The van der Waals surface area contributed by atoms with Crippen molar-refractivity contribution in [2.24, 2.45) is 4.99 Å². The van der Waals surface area contributed by atoms with Crippen LogP contribution in [0, 0.1) is 0 Å². The molecule has 2 aliphatic rings. The highest BCUT2D eigenvalue weighted by Gasteiger charge is 2.21. The maximum atomic E-state index is 10.9. The smallest absolute Gasteiger partial charge is 0.345 e. The minimum absolute atomic E-state index is 0.276. The highest BCUT2D eigenvalue weighted by atomic mass is 32.1. The molecule has 0 bridgehead atoms. The molecular formula is C11H9NO2S. The number of rotatable bonds is 1. The van der Waals surface area contributed by atoms with Crippen molar-refractivity contribution >= 4 is 35.2 Å². The highest BCUT2D eigenvalue weighted by molar-refractivity contribution is 7.12. The standard InChI is InChI=1S/C11H9NO2S/c13-11(14)9-5-6-1-2-8-7(3-4-12-8)10(6)15-9/h1,4-5,8H,2-3H2,(H,13,14). The minimum atomic E-state index is -0.834. The topological polar surface area (TPSA) is 49.7 Å². The van der Waals surface area contributed by atoms with E-state index in [1.165, 1.54) is 16.9 Å². The number of aliphatic imine (C=N–C) groups is 1. The number of thiophene rings is 1. The lowest BCUT2D eigenvalue weighted by molar-refractivity contribution is 0.0702. The largest absolute Gasteiger partial charge is 0.477 e. The van der Waals surface area contributed by atoms with Crippen LogP contribution in [0.2, 0.25) is 0 Å². The summed E-state index contributed by atoms with van der Waals surface area (Å²) in [5.74, 6) is -0.834. The monoisotopic (exact) mass is 219 g/mol. The average molecular weight is 219 g/mol. The fourth-order valence-electron chi connectivity index (χ4n) is 2.10. The van der Waals surface area contributed by atoms with Crippen LogP contribution in [0.15, 0.2) is 11.1 Å². The molecule has 1 N–H and O–H groups in total. The van der Waals surface area contributed by atoms with Gasteiger partial charge in [0.2, 0.25) is 0 Å². The molecule has 1 aromatic rings. The van der Waals surface area contributed by atoms with Gasteiger partial charge in [0.25, 0.3) is 0 Å². The lowest BCUT2D eigenvalue weighted by atomic mass is 10.00. The zero-order chi connectivity index (χ0) is 10.4. The Morgan fingerprint density at radius 2 is 2.47 bits per heavy atom.